The van der Waals surface area contributed by atoms with E-state index in [1.807, 2.05) is 13.8 Å². The van der Waals surface area contributed by atoms with Gasteiger partial charge < -0.3 is 10.5 Å². The van der Waals surface area contributed by atoms with Crippen LogP contribution in [-0.4, -0.2) is 33.6 Å². The molecule has 0 aliphatic carbocycles. The van der Waals surface area contributed by atoms with Gasteiger partial charge >= 0.3 is 5.69 Å². The number of nitrogens with zero attached hydrogens (tertiary/aromatic N) is 1. The summed E-state index contributed by atoms with van der Waals surface area (Å²) in [6.45, 7) is 4.52. The van der Waals surface area contributed by atoms with E-state index in [-0.39, 0.29) is 26.9 Å². The van der Waals surface area contributed by atoms with Crippen LogP contribution in [0.3, 0.4) is 0 Å². The lowest BCUT2D eigenvalue weighted by atomic mass is 9.90. The molecule has 0 aliphatic heterocycles. The maximum atomic E-state index is 12.1. The molecule has 0 aromatic carbocycles. The van der Waals surface area contributed by atoms with Crippen molar-refractivity contribution in [2.24, 2.45) is 5.41 Å². The lowest BCUT2D eigenvalue weighted by Gasteiger charge is -2.24. The maximum Gasteiger partial charge on any atom is 0.304 e. The van der Waals surface area contributed by atoms with Crippen molar-refractivity contribution in [3.8, 4) is 0 Å². The van der Waals surface area contributed by atoms with Gasteiger partial charge in [-0.05, 0) is 11.8 Å². The van der Waals surface area contributed by atoms with Crippen molar-refractivity contribution in [1.29, 1.82) is 0 Å². The quantitative estimate of drug-likeness (QED) is 0.548. The number of anilines is 1. The van der Waals surface area contributed by atoms with Crippen LogP contribution in [0.25, 0.3) is 0 Å². The summed E-state index contributed by atoms with van der Waals surface area (Å²) in [5.74, 6) is 0. The van der Waals surface area contributed by atoms with Gasteiger partial charge in [0.15, 0.2) is 5.00 Å². The Morgan fingerprint density at radius 3 is 2.62 bits per heavy atom. The molecule has 0 bridgehead atoms. The zero-order chi connectivity index (χ0) is 16.3. The van der Waals surface area contributed by atoms with Gasteiger partial charge in [-0.3, -0.25) is 10.1 Å². The standard InChI is InChI=1S/C11H19N3O5S2/c1-11(2,4-5-19-3)7-13-21(17,18)9-6-8(14(15)16)10(12)20-9/h6,13H,4-5,7,12H2,1-3H3. The average molecular weight is 337 g/mol. The molecule has 1 rings (SSSR count). The van der Waals surface area contributed by atoms with Crippen LogP contribution in [0.4, 0.5) is 10.7 Å². The molecule has 0 aliphatic rings. The summed E-state index contributed by atoms with van der Waals surface area (Å²) >= 11 is 0.679. The highest BCUT2D eigenvalue weighted by Gasteiger charge is 2.27. The van der Waals surface area contributed by atoms with Gasteiger partial charge in [0.05, 0.1) is 4.92 Å². The zero-order valence-electron chi connectivity index (χ0n) is 12.1. The lowest BCUT2D eigenvalue weighted by molar-refractivity contribution is -0.383. The van der Waals surface area contributed by atoms with Crippen LogP contribution >= 0.6 is 11.3 Å². The van der Waals surface area contributed by atoms with Crippen LogP contribution in [-0.2, 0) is 14.8 Å². The van der Waals surface area contributed by atoms with E-state index in [1.54, 1.807) is 7.11 Å². The smallest absolute Gasteiger partial charge is 0.304 e. The van der Waals surface area contributed by atoms with Crippen LogP contribution in [0, 0.1) is 15.5 Å². The minimum Gasteiger partial charge on any atom is -0.385 e. The van der Waals surface area contributed by atoms with E-state index in [1.165, 1.54) is 0 Å². The molecule has 0 amide bonds. The molecule has 0 spiro atoms. The first-order chi connectivity index (χ1) is 9.59. The minimum absolute atomic E-state index is 0.126. The van der Waals surface area contributed by atoms with Crippen molar-refractivity contribution < 1.29 is 18.1 Å². The summed E-state index contributed by atoms with van der Waals surface area (Å²) in [5, 5.41) is 10.6. The first-order valence-electron chi connectivity index (χ1n) is 6.11. The molecule has 10 heteroatoms. The Labute approximate surface area is 127 Å². The summed E-state index contributed by atoms with van der Waals surface area (Å²) in [5.41, 5.74) is 4.77. The largest absolute Gasteiger partial charge is 0.385 e. The Morgan fingerprint density at radius 1 is 1.52 bits per heavy atom. The molecular formula is C11H19N3O5S2. The molecule has 0 fully saturated rings. The first kappa shape index (κ1) is 17.8. The van der Waals surface area contributed by atoms with Crippen molar-refractivity contribution in [2.45, 2.75) is 24.5 Å². The SMILES string of the molecule is COCCC(C)(C)CNS(=O)(=O)c1cc([N+](=O)[O-])c(N)s1. The van der Waals surface area contributed by atoms with Crippen LogP contribution in [0.15, 0.2) is 10.3 Å². The Balaban J connectivity index is 2.83. The molecule has 3 N–H and O–H groups in total. The maximum absolute atomic E-state index is 12.1. The number of nitrogens with two attached hydrogens (primary N) is 1. The number of nitro groups is 1. The van der Waals surface area contributed by atoms with E-state index in [4.69, 9.17) is 10.5 Å². The molecular weight excluding hydrogens is 318 g/mol. The number of ether oxygens (including phenoxy) is 1. The van der Waals surface area contributed by atoms with E-state index in [2.05, 4.69) is 4.72 Å². The van der Waals surface area contributed by atoms with Crippen molar-refractivity contribution in [1.82, 2.24) is 4.72 Å². The molecule has 0 radical (unpaired) electrons. The number of sulfonamides is 1. The second-order valence-corrected chi connectivity index (χ2v) is 8.38. The number of rotatable bonds is 8. The molecule has 8 nitrogen and oxygen atoms in total. The highest BCUT2D eigenvalue weighted by Crippen LogP contribution is 2.34. The molecule has 1 aromatic heterocycles. The van der Waals surface area contributed by atoms with Crippen molar-refractivity contribution >= 4 is 32.0 Å². The first-order valence-corrected chi connectivity index (χ1v) is 8.41. The van der Waals surface area contributed by atoms with E-state index >= 15 is 0 Å². The van der Waals surface area contributed by atoms with Gasteiger partial charge in [0.1, 0.15) is 4.21 Å². The lowest BCUT2D eigenvalue weighted by Crippen LogP contribution is -2.34. The fraction of sp³-hybridized carbons (Fsp3) is 0.636. The van der Waals surface area contributed by atoms with Crippen molar-refractivity contribution in [2.75, 3.05) is 26.0 Å². The third-order valence-electron chi connectivity index (χ3n) is 2.90. The summed E-state index contributed by atoms with van der Waals surface area (Å²) in [6, 6.07) is 0.977. The van der Waals surface area contributed by atoms with E-state index in [0.717, 1.165) is 6.07 Å². The van der Waals surface area contributed by atoms with Crippen LogP contribution in [0.2, 0.25) is 0 Å². The summed E-state index contributed by atoms with van der Waals surface area (Å²) in [4.78, 5) is 10.00. The number of hydrogen-bond donors (Lipinski definition) is 2. The zero-order valence-corrected chi connectivity index (χ0v) is 13.7. The molecule has 120 valence electrons. The Hall–Kier alpha value is -1.23. The number of nitrogen functional groups attached to an aromatic ring is 1. The summed E-state index contributed by atoms with van der Waals surface area (Å²) < 4.78 is 31.5. The predicted octanol–water partition coefficient (Wildman–Crippen LogP) is 1.58. The predicted molar refractivity (Wildman–Crippen MR) is 80.8 cm³/mol. The van der Waals surface area contributed by atoms with Gasteiger partial charge in [-0.2, -0.15) is 0 Å². The molecule has 1 aromatic rings. The van der Waals surface area contributed by atoms with Gasteiger partial charge in [0, 0.05) is 26.3 Å². The second-order valence-electron chi connectivity index (χ2n) is 5.30. The summed E-state index contributed by atoms with van der Waals surface area (Å²) in [6.07, 6.45) is 0.679. The van der Waals surface area contributed by atoms with Crippen LogP contribution in [0.1, 0.15) is 20.3 Å². The van der Waals surface area contributed by atoms with E-state index < -0.39 is 14.9 Å². The van der Waals surface area contributed by atoms with Crippen molar-refractivity contribution in [3.05, 3.63) is 16.2 Å². The minimum atomic E-state index is -3.81. The average Bonchev–Trinajstić information content (AvgIpc) is 2.77. The van der Waals surface area contributed by atoms with Crippen LogP contribution in [0.5, 0.6) is 0 Å². The van der Waals surface area contributed by atoms with Gasteiger partial charge in [0.25, 0.3) is 0 Å². The Morgan fingerprint density at radius 2 is 2.14 bits per heavy atom. The van der Waals surface area contributed by atoms with Crippen LogP contribution < -0.4 is 10.5 Å². The molecule has 0 atom stereocenters. The number of methoxy groups -OCH3 is 1. The van der Waals surface area contributed by atoms with Gasteiger partial charge in [-0.15, -0.1) is 0 Å². The van der Waals surface area contributed by atoms with Gasteiger partial charge in [-0.25, -0.2) is 13.1 Å². The van der Waals surface area contributed by atoms with E-state index in [0.29, 0.717) is 24.4 Å². The number of thiophene rings is 1. The van der Waals surface area contributed by atoms with Gasteiger partial charge in [0.2, 0.25) is 10.0 Å². The third kappa shape index (κ3) is 4.92. The normalized spacial score (nSPS) is 12.5. The van der Waals surface area contributed by atoms with Gasteiger partial charge in [-0.1, -0.05) is 25.2 Å². The Kier molecular flexibility index (Phi) is 5.68. The highest BCUT2D eigenvalue weighted by molar-refractivity contribution is 7.91. The highest BCUT2D eigenvalue weighted by atomic mass is 32.2. The fourth-order valence-electron chi connectivity index (χ4n) is 1.48. The second kappa shape index (κ2) is 6.69. The monoisotopic (exact) mass is 337 g/mol. The molecule has 21 heavy (non-hydrogen) atoms. The van der Waals surface area contributed by atoms with Crippen molar-refractivity contribution in [3.63, 3.8) is 0 Å². The number of hydrogen-bond acceptors (Lipinski definition) is 7. The topological polar surface area (TPSA) is 125 Å². The third-order valence-corrected chi connectivity index (χ3v) is 5.73. The molecule has 0 saturated carbocycles. The molecule has 0 unspecified atom stereocenters. The molecule has 1 heterocycles. The number of nitrogens with one attached hydrogen (secondary N) is 1. The Bertz CT molecular complexity index is 609. The summed E-state index contributed by atoms with van der Waals surface area (Å²) in [7, 11) is -2.23. The fourth-order valence-corrected chi connectivity index (χ4v) is 3.98. The van der Waals surface area contributed by atoms with E-state index in [9.17, 15) is 18.5 Å². The molecule has 0 saturated heterocycles.